The minimum Gasteiger partial charge on any atom is -0.484 e. The van der Waals surface area contributed by atoms with Crippen LogP contribution in [-0.4, -0.2) is 53.5 Å². The maximum Gasteiger partial charge on any atom is 0.328 e. The van der Waals surface area contributed by atoms with Crippen molar-refractivity contribution < 1.29 is 19.0 Å². The molecule has 2 aliphatic rings. The number of hydrogen-bond acceptors (Lipinski definition) is 8. The monoisotopic (exact) mass is 452 g/mol. The van der Waals surface area contributed by atoms with Crippen molar-refractivity contribution >= 4 is 34.4 Å². The van der Waals surface area contributed by atoms with E-state index < -0.39 is 0 Å². The van der Waals surface area contributed by atoms with E-state index >= 15 is 0 Å². The van der Waals surface area contributed by atoms with Crippen molar-refractivity contribution in [3.05, 3.63) is 30.1 Å². The number of aromatic nitrogens is 3. The number of fused-ring (bicyclic) bond motifs is 2. The summed E-state index contributed by atoms with van der Waals surface area (Å²) in [6.45, 7) is 2.93. The highest BCUT2D eigenvalue weighted by Gasteiger charge is 2.24. The van der Waals surface area contributed by atoms with Gasteiger partial charge in [0.05, 0.1) is 24.1 Å². The zero-order chi connectivity index (χ0) is 22.9. The Morgan fingerprint density at radius 3 is 2.82 bits per heavy atom. The fraction of sp³-hybridized carbons (Fsp3) is 0.435. The Morgan fingerprint density at radius 1 is 1.24 bits per heavy atom. The normalized spacial score (nSPS) is 17.5. The maximum absolute atomic E-state index is 12.3. The molecule has 0 saturated heterocycles. The molecule has 1 aliphatic heterocycles. The number of carbonyl (C=O) groups is 1. The van der Waals surface area contributed by atoms with E-state index in [2.05, 4.69) is 25.9 Å². The number of rotatable bonds is 6. The lowest BCUT2D eigenvalue weighted by molar-refractivity contribution is -0.00885. The van der Waals surface area contributed by atoms with Crippen LogP contribution in [0.2, 0.25) is 0 Å². The molecule has 10 nitrogen and oxygen atoms in total. The van der Waals surface area contributed by atoms with Gasteiger partial charge in [0.1, 0.15) is 30.4 Å². The molecule has 2 aromatic heterocycles. The number of nitrogens with one attached hydrogen (secondary N) is 3. The van der Waals surface area contributed by atoms with Crippen molar-refractivity contribution in [1.82, 2.24) is 19.9 Å². The average molecular weight is 453 g/mol. The van der Waals surface area contributed by atoms with E-state index in [1.54, 1.807) is 14.1 Å². The lowest BCUT2D eigenvalue weighted by Gasteiger charge is -2.28. The molecule has 3 aromatic rings. The number of anilines is 3. The van der Waals surface area contributed by atoms with Crippen LogP contribution in [0.15, 0.2) is 24.5 Å². The van der Waals surface area contributed by atoms with Gasteiger partial charge in [0.15, 0.2) is 17.1 Å². The predicted molar refractivity (Wildman–Crippen MR) is 125 cm³/mol. The summed E-state index contributed by atoms with van der Waals surface area (Å²) in [5.74, 6) is 1.85. The van der Waals surface area contributed by atoms with Gasteiger partial charge in [-0.3, -0.25) is 0 Å². The number of carbonyl (C=O) groups excluding carboxylic acids is 1. The van der Waals surface area contributed by atoms with Crippen LogP contribution < -0.4 is 25.4 Å². The summed E-state index contributed by atoms with van der Waals surface area (Å²) in [4.78, 5) is 21.3. The lowest BCUT2D eigenvalue weighted by atomic mass is 9.96. The summed E-state index contributed by atoms with van der Waals surface area (Å²) in [6.07, 6.45) is 5.20. The molecule has 5 rings (SSSR count). The van der Waals surface area contributed by atoms with Crippen LogP contribution in [0, 0.1) is 0 Å². The third kappa shape index (κ3) is 4.13. The quantitative estimate of drug-likeness (QED) is 0.520. The van der Waals surface area contributed by atoms with Gasteiger partial charge in [-0.25, -0.2) is 19.3 Å². The summed E-state index contributed by atoms with van der Waals surface area (Å²) in [7, 11) is 3.37. The first-order valence-electron chi connectivity index (χ1n) is 11.2. The zero-order valence-electron chi connectivity index (χ0n) is 19.0. The number of benzene rings is 1. The minimum atomic E-state index is -0.317. The van der Waals surface area contributed by atoms with Gasteiger partial charge in [0.2, 0.25) is 0 Å². The van der Waals surface area contributed by atoms with E-state index in [1.165, 1.54) is 17.3 Å². The highest BCUT2D eigenvalue weighted by molar-refractivity contribution is 5.94. The van der Waals surface area contributed by atoms with E-state index in [9.17, 15) is 4.79 Å². The Balaban J connectivity index is 1.52. The molecule has 0 spiro atoms. The Bertz CT molecular complexity index is 1190. The van der Waals surface area contributed by atoms with Gasteiger partial charge in [-0.05, 0) is 43.9 Å². The molecule has 1 unspecified atom stereocenters. The number of pyridine rings is 1. The van der Waals surface area contributed by atoms with E-state index in [0.717, 1.165) is 29.8 Å². The fourth-order valence-corrected chi connectivity index (χ4v) is 3.93. The number of hydrogen-bond donors (Lipinski definition) is 3. The molecule has 33 heavy (non-hydrogen) atoms. The molecule has 1 atom stereocenters. The molecule has 1 amide bonds. The van der Waals surface area contributed by atoms with Crippen molar-refractivity contribution in [2.24, 2.45) is 0 Å². The van der Waals surface area contributed by atoms with Gasteiger partial charge in [0.25, 0.3) is 0 Å². The van der Waals surface area contributed by atoms with E-state index in [4.69, 9.17) is 14.2 Å². The van der Waals surface area contributed by atoms with Crippen LogP contribution in [0.1, 0.15) is 31.7 Å². The van der Waals surface area contributed by atoms with E-state index in [-0.39, 0.29) is 12.1 Å². The van der Waals surface area contributed by atoms with Crippen molar-refractivity contribution in [2.45, 2.75) is 45.0 Å². The second-order valence-corrected chi connectivity index (χ2v) is 8.35. The molecule has 1 saturated carbocycles. The van der Waals surface area contributed by atoms with Gasteiger partial charge in [-0.15, -0.1) is 0 Å². The largest absolute Gasteiger partial charge is 0.484 e. The van der Waals surface area contributed by atoms with Crippen LogP contribution >= 0.6 is 0 Å². The first-order chi connectivity index (χ1) is 16.1. The van der Waals surface area contributed by atoms with Crippen molar-refractivity contribution in [3.8, 4) is 11.5 Å². The molecular formula is C23H28N6O4. The smallest absolute Gasteiger partial charge is 0.328 e. The molecule has 10 heteroatoms. The number of imidazole rings is 1. The maximum atomic E-state index is 12.3. The molecule has 3 heterocycles. The van der Waals surface area contributed by atoms with Gasteiger partial charge in [-0.2, -0.15) is 0 Å². The predicted octanol–water partition coefficient (Wildman–Crippen LogP) is 3.63. The Kier molecular flexibility index (Phi) is 5.67. The minimum absolute atomic E-state index is 0.0413. The van der Waals surface area contributed by atoms with Crippen LogP contribution in [0.4, 0.5) is 22.0 Å². The topological polar surface area (TPSA) is 112 Å². The molecule has 1 fully saturated rings. The number of nitrogens with zero attached hydrogens (tertiary/aromatic N) is 3. The molecule has 1 aromatic carbocycles. The van der Waals surface area contributed by atoms with E-state index in [0.29, 0.717) is 47.8 Å². The van der Waals surface area contributed by atoms with Gasteiger partial charge in [-0.1, -0.05) is 0 Å². The highest BCUT2D eigenvalue weighted by Crippen LogP contribution is 2.42. The van der Waals surface area contributed by atoms with E-state index in [1.807, 2.05) is 25.1 Å². The SMILES string of the molecule is CNC(=O)n1cnc2c(NC)cc(Nc3cc(COC4CCC4)cc4c3OCC(C)O4)nc21. The number of amides is 1. The summed E-state index contributed by atoms with van der Waals surface area (Å²) in [5.41, 5.74) is 3.50. The Hall–Kier alpha value is -3.53. The van der Waals surface area contributed by atoms with Gasteiger partial charge in [0, 0.05) is 20.2 Å². The molecule has 0 bridgehead atoms. The highest BCUT2D eigenvalue weighted by atomic mass is 16.6. The zero-order valence-corrected chi connectivity index (χ0v) is 19.0. The van der Waals surface area contributed by atoms with Crippen molar-refractivity contribution in [2.75, 3.05) is 31.3 Å². The van der Waals surface area contributed by atoms with Crippen LogP contribution in [0.25, 0.3) is 11.2 Å². The summed E-state index contributed by atoms with van der Waals surface area (Å²) >= 11 is 0. The lowest BCUT2D eigenvalue weighted by Crippen LogP contribution is -2.26. The second kappa shape index (κ2) is 8.78. The van der Waals surface area contributed by atoms with Crippen LogP contribution in [0.5, 0.6) is 11.5 Å². The summed E-state index contributed by atoms with van der Waals surface area (Å²) in [5, 5.41) is 9.09. The second-order valence-electron chi connectivity index (χ2n) is 8.35. The summed E-state index contributed by atoms with van der Waals surface area (Å²) < 4.78 is 19.4. The van der Waals surface area contributed by atoms with Gasteiger partial charge >= 0.3 is 6.03 Å². The standard InChI is InChI=1S/C23H28N6O4/c1-13-10-32-21-17(7-14(8-18(21)33-13)11-31-15-5-4-6-15)27-19-9-16(24-2)20-22(28-19)29(12-26-20)23(30)25-3/h7-9,12-13,15H,4-6,10-11H2,1-3H3,(H,25,30)(H2,24,27,28). The fourth-order valence-electron chi connectivity index (χ4n) is 3.93. The van der Waals surface area contributed by atoms with Crippen LogP contribution in [-0.2, 0) is 11.3 Å². The Morgan fingerprint density at radius 2 is 2.09 bits per heavy atom. The van der Waals surface area contributed by atoms with Gasteiger partial charge < -0.3 is 30.2 Å². The molecular weight excluding hydrogens is 424 g/mol. The third-order valence-corrected chi connectivity index (χ3v) is 5.91. The third-order valence-electron chi connectivity index (χ3n) is 5.91. The van der Waals surface area contributed by atoms with Crippen molar-refractivity contribution in [3.63, 3.8) is 0 Å². The van der Waals surface area contributed by atoms with Crippen molar-refractivity contribution in [1.29, 1.82) is 0 Å². The molecule has 0 radical (unpaired) electrons. The first kappa shape index (κ1) is 21.3. The number of ether oxygens (including phenoxy) is 3. The van der Waals surface area contributed by atoms with Crippen LogP contribution in [0.3, 0.4) is 0 Å². The summed E-state index contributed by atoms with van der Waals surface area (Å²) in [6, 6.07) is 5.50. The Labute approximate surface area is 191 Å². The molecule has 3 N–H and O–H groups in total. The first-order valence-corrected chi connectivity index (χ1v) is 11.2. The molecule has 1 aliphatic carbocycles. The average Bonchev–Trinajstić information content (AvgIpc) is 3.20. The molecule has 174 valence electrons.